The number of piperidine rings is 1. The molecule has 5 atom stereocenters. The van der Waals surface area contributed by atoms with Crippen LogP contribution in [0.2, 0.25) is 0 Å². The Labute approximate surface area is 266 Å². The Balaban J connectivity index is 1.65. The minimum absolute atomic E-state index is 0.0233. The van der Waals surface area contributed by atoms with Crippen molar-refractivity contribution in [1.29, 1.82) is 0 Å². The van der Waals surface area contributed by atoms with Crippen LogP contribution in [0.25, 0.3) is 0 Å². The van der Waals surface area contributed by atoms with E-state index in [1.807, 2.05) is 34.6 Å². The number of sulfone groups is 1. The van der Waals surface area contributed by atoms with Crippen LogP contribution in [0.15, 0.2) is 0 Å². The first-order valence-corrected chi connectivity index (χ1v) is 17.8. The maximum absolute atomic E-state index is 14.6. The molecule has 0 bridgehead atoms. The Hall–Kier alpha value is -2.15. The number of likely N-dealkylation sites (tertiary alicyclic amines) is 1. The summed E-state index contributed by atoms with van der Waals surface area (Å²) in [5.74, 6) is -6.23. The van der Waals surface area contributed by atoms with Gasteiger partial charge in [0.25, 0.3) is 5.91 Å². The van der Waals surface area contributed by atoms with Crippen LogP contribution in [0.5, 0.6) is 0 Å². The highest BCUT2D eigenvalue weighted by Gasteiger charge is 2.70. The number of halogens is 2. The molecule has 0 aromatic carbocycles. The second-order valence-electron chi connectivity index (χ2n) is 16.8. The van der Waals surface area contributed by atoms with E-state index < -0.39 is 91.7 Å². The molecule has 4 rings (SSSR count). The number of carbonyl (C=O) groups is 4. The van der Waals surface area contributed by atoms with Crippen LogP contribution < -0.4 is 16.4 Å². The second-order valence-corrected chi connectivity index (χ2v) is 19.6. The molecule has 10 nitrogen and oxygen atoms in total. The van der Waals surface area contributed by atoms with E-state index >= 15 is 0 Å². The zero-order chi connectivity index (χ0) is 34.1. The van der Waals surface area contributed by atoms with Crippen molar-refractivity contribution in [2.45, 2.75) is 135 Å². The number of alkyl halides is 2. The summed E-state index contributed by atoms with van der Waals surface area (Å²) in [5, 5.41) is 6.07. The molecule has 13 heteroatoms. The predicted octanol–water partition coefficient (Wildman–Crippen LogP) is 2.97. The Morgan fingerprint density at radius 1 is 0.978 bits per heavy atom. The topological polar surface area (TPSA) is 156 Å². The van der Waals surface area contributed by atoms with Crippen molar-refractivity contribution in [2.75, 3.05) is 12.3 Å². The molecule has 1 heterocycles. The van der Waals surface area contributed by atoms with Crippen LogP contribution >= 0.6 is 0 Å². The first-order valence-electron chi connectivity index (χ1n) is 16.1. The maximum Gasteiger partial charge on any atom is 0.287 e. The molecular weight excluding hydrogens is 606 g/mol. The van der Waals surface area contributed by atoms with Gasteiger partial charge in [-0.25, -0.2) is 17.2 Å². The smallest absolute Gasteiger partial charge is 0.287 e. The van der Waals surface area contributed by atoms with Crippen LogP contribution in [0, 0.1) is 28.6 Å². The van der Waals surface area contributed by atoms with Crippen molar-refractivity contribution in [2.24, 2.45) is 34.3 Å². The lowest BCUT2D eigenvalue weighted by molar-refractivity contribution is -0.146. The fourth-order valence-corrected chi connectivity index (χ4v) is 8.82. The molecule has 1 unspecified atom stereocenters. The van der Waals surface area contributed by atoms with Crippen LogP contribution in [0.3, 0.4) is 0 Å². The minimum Gasteiger partial charge on any atom is -0.363 e. The molecule has 0 spiro atoms. The number of nitrogens with two attached hydrogens (primary N) is 1. The molecule has 45 heavy (non-hydrogen) atoms. The zero-order valence-electron chi connectivity index (χ0n) is 28.0. The molecule has 4 N–H and O–H groups in total. The van der Waals surface area contributed by atoms with Crippen LogP contribution in [-0.4, -0.2) is 83.5 Å². The molecule has 0 radical (unpaired) electrons. The zero-order valence-corrected chi connectivity index (χ0v) is 28.8. The SMILES string of the molecule is CC(C)(C)[C@H](NC1(CS(=O)(=O)C(C)(C)C)CCC(F)(F)CC1)C(=O)N1C[C@H]2[C@@H]([C@H]1C(=O)NC(CC1CC1)C(=O)C(N)=O)C2(C)C. The van der Waals surface area contributed by atoms with Gasteiger partial charge in [0.2, 0.25) is 23.5 Å². The third kappa shape index (κ3) is 7.39. The summed E-state index contributed by atoms with van der Waals surface area (Å²) >= 11 is 0. The second kappa shape index (κ2) is 11.5. The largest absolute Gasteiger partial charge is 0.363 e. The Morgan fingerprint density at radius 3 is 2.00 bits per heavy atom. The van der Waals surface area contributed by atoms with Gasteiger partial charge >= 0.3 is 0 Å². The summed E-state index contributed by atoms with van der Waals surface area (Å²) in [5.41, 5.74) is 3.00. The highest BCUT2D eigenvalue weighted by atomic mass is 32.2. The van der Waals surface area contributed by atoms with Gasteiger partial charge in [0, 0.05) is 24.9 Å². The van der Waals surface area contributed by atoms with Crippen molar-refractivity contribution in [3.63, 3.8) is 0 Å². The molecule has 1 saturated heterocycles. The van der Waals surface area contributed by atoms with Gasteiger partial charge in [0.1, 0.15) is 6.04 Å². The Kier molecular flexibility index (Phi) is 9.14. The fourth-order valence-electron chi connectivity index (χ4n) is 7.29. The van der Waals surface area contributed by atoms with Crippen molar-refractivity contribution in [3.05, 3.63) is 0 Å². The van der Waals surface area contributed by atoms with E-state index in [1.165, 1.54) is 4.90 Å². The number of nitrogens with zero attached hydrogens (tertiary/aromatic N) is 1. The van der Waals surface area contributed by atoms with Gasteiger partial charge in [0.15, 0.2) is 9.84 Å². The number of hydrogen-bond donors (Lipinski definition) is 3. The average Bonchev–Trinajstić information content (AvgIpc) is 3.73. The molecule has 3 aliphatic carbocycles. The molecule has 0 aromatic rings. The first-order chi connectivity index (χ1) is 20.3. The number of amides is 3. The van der Waals surface area contributed by atoms with E-state index in [0.29, 0.717) is 6.42 Å². The van der Waals surface area contributed by atoms with E-state index in [1.54, 1.807) is 20.8 Å². The molecule has 3 saturated carbocycles. The monoisotopic (exact) mass is 658 g/mol. The van der Waals surface area contributed by atoms with Crippen molar-refractivity contribution >= 4 is 33.3 Å². The fraction of sp³-hybridized carbons (Fsp3) is 0.875. The summed E-state index contributed by atoms with van der Waals surface area (Å²) in [6.45, 7) is 14.5. The van der Waals surface area contributed by atoms with E-state index in [-0.39, 0.29) is 42.6 Å². The average molecular weight is 659 g/mol. The molecule has 0 aromatic heterocycles. The number of primary amides is 1. The standard InChI is InChI=1S/C32H52F2N4O6S/c1-28(2,3)24(37-31(11-13-32(33,34)14-12-31)17-45(43,44)29(4,5)6)27(42)38-16-19-21(30(19,7)8)22(38)26(41)36-20(15-18-9-10-18)23(39)25(35)40/h18-22,24,37H,9-17H2,1-8H3,(H2,35,40)(H,36,41)/t19-,20?,21-,22-,24+/m0/s1. The lowest BCUT2D eigenvalue weighted by Gasteiger charge is -2.47. The van der Waals surface area contributed by atoms with Crippen molar-refractivity contribution in [1.82, 2.24) is 15.5 Å². The lowest BCUT2D eigenvalue weighted by Crippen LogP contribution is -2.66. The van der Waals surface area contributed by atoms with Gasteiger partial charge in [-0.05, 0) is 68.6 Å². The summed E-state index contributed by atoms with van der Waals surface area (Å²) in [7, 11) is -3.77. The minimum atomic E-state index is -3.77. The van der Waals surface area contributed by atoms with E-state index in [2.05, 4.69) is 10.6 Å². The third-order valence-electron chi connectivity index (χ3n) is 10.8. The Morgan fingerprint density at radius 2 is 1.53 bits per heavy atom. The van der Waals surface area contributed by atoms with Crippen LogP contribution in [0.4, 0.5) is 8.78 Å². The maximum atomic E-state index is 14.6. The normalized spacial score (nSPS) is 28.5. The summed E-state index contributed by atoms with van der Waals surface area (Å²) in [6.07, 6.45) is 0.809. The molecular formula is C32H52F2N4O6S. The lowest BCUT2D eigenvalue weighted by atomic mass is 9.77. The Bertz CT molecular complexity index is 1320. The predicted molar refractivity (Wildman–Crippen MR) is 166 cm³/mol. The van der Waals surface area contributed by atoms with Crippen LogP contribution in [-0.2, 0) is 29.0 Å². The van der Waals surface area contributed by atoms with Gasteiger partial charge in [-0.1, -0.05) is 47.5 Å². The van der Waals surface area contributed by atoms with E-state index in [9.17, 15) is 36.4 Å². The number of Topliss-reactive ketones (excluding diaryl/α,β-unsaturated/α-hetero) is 1. The van der Waals surface area contributed by atoms with Gasteiger partial charge in [-0.15, -0.1) is 0 Å². The highest BCUT2D eigenvalue weighted by molar-refractivity contribution is 7.92. The van der Waals surface area contributed by atoms with Gasteiger partial charge in [0.05, 0.1) is 22.6 Å². The van der Waals surface area contributed by atoms with Crippen LogP contribution in [0.1, 0.15) is 100 Å². The number of ketones is 1. The number of fused-ring (bicyclic) bond motifs is 1. The van der Waals surface area contributed by atoms with E-state index in [4.69, 9.17) is 5.73 Å². The van der Waals surface area contributed by atoms with Crippen molar-refractivity contribution < 1.29 is 36.4 Å². The molecule has 256 valence electrons. The quantitative estimate of drug-likeness (QED) is 0.288. The summed E-state index contributed by atoms with van der Waals surface area (Å²) in [4.78, 5) is 54.4. The van der Waals surface area contributed by atoms with Crippen molar-refractivity contribution in [3.8, 4) is 0 Å². The first kappa shape index (κ1) is 35.7. The number of rotatable bonds is 11. The number of carbonyl (C=O) groups excluding carboxylic acids is 4. The molecule has 3 amide bonds. The summed E-state index contributed by atoms with van der Waals surface area (Å²) in [6, 6.07) is -2.99. The summed E-state index contributed by atoms with van der Waals surface area (Å²) < 4.78 is 54.6. The van der Waals surface area contributed by atoms with Gasteiger partial charge in [-0.2, -0.15) is 0 Å². The molecule has 4 fully saturated rings. The van der Waals surface area contributed by atoms with Gasteiger partial charge < -0.3 is 16.0 Å². The highest BCUT2D eigenvalue weighted by Crippen LogP contribution is 2.65. The molecule has 4 aliphatic rings. The third-order valence-corrected chi connectivity index (χ3v) is 13.6. The van der Waals surface area contributed by atoms with E-state index in [0.717, 1.165) is 12.8 Å². The number of hydrogen-bond acceptors (Lipinski definition) is 7. The molecule has 1 aliphatic heterocycles. The number of nitrogens with one attached hydrogen (secondary N) is 2. The van der Waals surface area contributed by atoms with Gasteiger partial charge in [-0.3, -0.25) is 24.5 Å².